The summed E-state index contributed by atoms with van der Waals surface area (Å²) in [5.41, 5.74) is 2.80. The highest BCUT2D eigenvalue weighted by molar-refractivity contribution is 7.99. The van der Waals surface area contributed by atoms with Crippen LogP contribution in [0.5, 0.6) is 0 Å². The van der Waals surface area contributed by atoms with Crippen molar-refractivity contribution in [3.8, 4) is 0 Å². The van der Waals surface area contributed by atoms with Gasteiger partial charge in [-0.3, -0.25) is 14.5 Å². The van der Waals surface area contributed by atoms with Crippen LogP contribution in [0.25, 0.3) is 16.6 Å². The van der Waals surface area contributed by atoms with Crippen molar-refractivity contribution in [2.45, 2.75) is 18.6 Å². The van der Waals surface area contributed by atoms with Gasteiger partial charge < -0.3 is 9.73 Å². The molecule has 0 aliphatic carbocycles. The molecule has 142 valence electrons. The Morgan fingerprint density at radius 3 is 2.86 bits per heavy atom. The van der Waals surface area contributed by atoms with E-state index in [9.17, 15) is 9.59 Å². The average molecular weight is 395 g/mol. The Morgan fingerprint density at radius 1 is 1.18 bits per heavy atom. The summed E-state index contributed by atoms with van der Waals surface area (Å²) in [7, 11) is 0. The lowest BCUT2D eigenvalue weighted by Crippen LogP contribution is -2.39. The molecule has 28 heavy (non-hydrogen) atoms. The van der Waals surface area contributed by atoms with Gasteiger partial charge in [0.1, 0.15) is 5.76 Å². The molecule has 0 aliphatic heterocycles. The fourth-order valence-corrected chi connectivity index (χ4v) is 3.64. The number of benzene rings is 1. The van der Waals surface area contributed by atoms with Crippen LogP contribution in [0, 0.1) is 6.92 Å². The molecule has 0 radical (unpaired) electrons. The molecule has 9 heteroatoms. The minimum atomic E-state index is -0.575. The number of nitrogens with zero attached hydrogens (tertiary/aromatic N) is 3. The number of hydrogen-bond donors (Lipinski definition) is 2. The third kappa shape index (κ3) is 3.70. The van der Waals surface area contributed by atoms with Gasteiger partial charge in [0, 0.05) is 5.39 Å². The van der Waals surface area contributed by atoms with E-state index in [1.165, 1.54) is 18.0 Å². The number of thioether (sulfide) groups is 1. The maximum Gasteiger partial charge on any atom is 0.321 e. The standard InChI is InChI=1S/C19H17N5O3S/c1-12-9-16-22-23-19(24(16)15-7-3-2-6-14(12)15)28-11-17(25)21-18(26)20-10-13-5-4-8-27-13/h2-9H,10-11H2,1H3,(H2,20,21,25,26). The second-order valence-corrected chi connectivity index (χ2v) is 7.06. The highest BCUT2D eigenvalue weighted by Crippen LogP contribution is 2.25. The first-order valence-corrected chi connectivity index (χ1v) is 9.57. The summed E-state index contributed by atoms with van der Waals surface area (Å²) in [4.78, 5) is 23.9. The summed E-state index contributed by atoms with van der Waals surface area (Å²) < 4.78 is 7.03. The molecular formula is C19H17N5O3S. The molecule has 0 saturated carbocycles. The van der Waals surface area contributed by atoms with E-state index < -0.39 is 11.9 Å². The SMILES string of the molecule is Cc1cc2nnc(SCC(=O)NC(=O)NCc3ccco3)n2c2ccccc12. The van der Waals surface area contributed by atoms with Crippen LogP contribution in [-0.2, 0) is 11.3 Å². The van der Waals surface area contributed by atoms with Crippen molar-refractivity contribution >= 4 is 40.3 Å². The number of fused-ring (bicyclic) bond motifs is 3. The van der Waals surface area contributed by atoms with Crippen LogP contribution in [0.2, 0.25) is 0 Å². The van der Waals surface area contributed by atoms with Gasteiger partial charge in [0.15, 0.2) is 10.8 Å². The predicted octanol–water partition coefficient (Wildman–Crippen LogP) is 2.90. The van der Waals surface area contributed by atoms with Crippen molar-refractivity contribution in [2.75, 3.05) is 5.75 Å². The molecule has 1 aromatic carbocycles. The second-order valence-electron chi connectivity index (χ2n) is 6.12. The Morgan fingerprint density at radius 2 is 2.04 bits per heavy atom. The molecule has 3 amide bonds. The number of para-hydroxylation sites is 1. The number of urea groups is 1. The van der Waals surface area contributed by atoms with Gasteiger partial charge in [-0.1, -0.05) is 30.0 Å². The number of nitrogens with one attached hydrogen (secondary N) is 2. The molecule has 8 nitrogen and oxygen atoms in total. The van der Waals surface area contributed by atoms with E-state index in [1.807, 2.05) is 41.7 Å². The van der Waals surface area contributed by atoms with E-state index in [0.717, 1.165) is 22.1 Å². The molecule has 0 unspecified atom stereocenters. The number of imide groups is 1. The lowest BCUT2D eigenvalue weighted by Gasteiger charge is -2.07. The van der Waals surface area contributed by atoms with Crippen LogP contribution in [0.4, 0.5) is 4.79 Å². The molecule has 0 spiro atoms. The Hall–Kier alpha value is -3.33. The van der Waals surface area contributed by atoms with Crippen LogP contribution in [0.1, 0.15) is 11.3 Å². The summed E-state index contributed by atoms with van der Waals surface area (Å²) in [6.07, 6.45) is 1.52. The van der Waals surface area contributed by atoms with E-state index in [1.54, 1.807) is 12.1 Å². The Bertz CT molecular complexity index is 1150. The van der Waals surface area contributed by atoms with E-state index in [4.69, 9.17) is 4.42 Å². The smallest absolute Gasteiger partial charge is 0.321 e. The van der Waals surface area contributed by atoms with Crippen molar-refractivity contribution in [2.24, 2.45) is 0 Å². The first-order valence-electron chi connectivity index (χ1n) is 8.58. The normalized spacial score (nSPS) is 11.0. The van der Waals surface area contributed by atoms with Crippen LogP contribution in [0.3, 0.4) is 0 Å². The van der Waals surface area contributed by atoms with Gasteiger partial charge >= 0.3 is 6.03 Å². The summed E-state index contributed by atoms with van der Waals surface area (Å²) in [5, 5.41) is 14.9. The van der Waals surface area contributed by atoms with E-state index in [-0.39, 0.29) is 12.3 Å². The molecule has 0 fully saturated rings. The van der Waals surface area contributed by atoms with Crippen molar-refractivity contribution in [1.82, 2.24) is 25.2 Å². The van der Waals surface area contributed by atoms with Gasteiger partial charge in [-0.05, 0) is 36.8 Å². The van der Waals surface area contributed by atoms with Crippen LogP contribution < -0.4 is 10.6 Å². The van der Waals surface area contributed by atoms with Crippen molar-refractivity contribution in [3.05, 3.63) is 60.1 Å². The van der Waals surface area contributed by atoms with Gasteiger partial charge in [-0.15, -0.1) is 10.2 Å². The second kappa shape index (κ2) is 7.73. The summed E-state index contributed by atoms with van der Waals surface area (Å²) in [5.74, 6) is 0.223. The molecular weight excluding hydrogens is 378 g/mol. The van der Waals surface area contributed by atoms with Crippen molar-refractivity contribution in [3.63, 3.8) is 0 Å². The number of aromatic nitrogens is 3. The van der Waals surface area contributed by atoms with E-state index >= 15 is 0 Å². The molecule has 0 aliphatic rings. The van der Waals surface area contributed by atoms with Gasteiger partial charge in [0.25, 0.3) is 0 Å². The minimum Gasteiger partial charge on any atom is -0.467 e. The summed E-state index contributed by atoms with van der Waals surface area (Å²) in [6.45, 7) is 2.23. The lowest BCUT2D eigenvalue weighted by atomic mass is 10.1. The monoisotopic (exact) mass is 395 g/mol. The molecule has 2 N–H and O–H groups in total. The van der Waals surface area contributed by atoms with Crippen LogP contribution >= 0.6 is 11.8 Å². The number of carbonyl (C=O) groups is 2. The summed E-state index contributed by atoms with van der Waals surface area (Å²) >= 11 is 1.22. The van der Waals surface area contributed by atoms with Crippen molar-refractivity contribution < 1.29 is 14.0 Å². The largest absolute Gasteiger partial charge is 0.467 e. The van der Waals surface area contributed by atoms with Gasteiger partial charge in [-0.2, -0.15) is 0 Å². The third-order valence-electron chi connectivity index (χ3n) is 4.16. The number of aryl methyl sites for hydroxylation is 1. The minimum absolute atomic E-state index is 0.0389. The molecule has 0 saturated heterocycles. The van der Waals surface area contributed by atoms with Crippen LogP contribution in [0.15, 0.2) is 58.3 Å². The molecule has 0 bridgehead atoms. The number of furan rings is 1. The zero-order valence-corrected chi connectivity index (χ0v) is 15.8. The quantitative estimate of drug-likeness (QED) is 0.504. The molecule has 4 rings (SSSR count). The number of rotatable bonds is 5. The molecule has 4 aromatic rings. The highest BCUT2D eigenvalue weighted by Gasteiger charge is 2.14. The zero-order valence-electron chi connectivity index (χ0n) is 15.0. The third-order valence-corrected chi connectivity index (χ3v) is 5.09. The number of hydrogen-bond acceptors (Lipinski definition) is 6. The highest BCUT2D eigenvalue weighted by atomic mass is 32.2. The van der Waals surface area contributed by atoms with Gasteiger partial charge in [0.2, 0.25) is 5.91 Å². The number of amides is 3. The predicted molar refractivity (Wildman–Crippen MR) is 105 cm³/mol. The lowest BCUT2D eigenvalue weighted by molar-refractivity contribution is -0.117. The summed E-state index contributed by atoms with van der Waals surface area (Å²) in [6, 6.07) is 12.8. The first-order chi connectivity index (χ1) is 13.6. The molecule has 0 atom stereocenters. The fourth-order valence-electron chi connectivity index (χ4n) is 2.89. The Labute approximate surface area is 164 Å². The number of pyridine rings is 1. The zero-order chi connectivity index (χ0) is 19.5. The van der Waals surface area contributed by atoms with Gasteiger partial charge in [0.05, 0.1) is 24.1 Å². The molecule has 3 aromatic heterocycles. The topological polar surface area (TPSA) is 102 Å². The Balaban J connectivity index is 1.42. The Kier molecular flexibility index (Phi) is 4.98. The first kappa shape index (κ1) is 18.1. The fraction of sp³-hybridized carbons (Fsp3) is 0.158. The van der Waals surface area contributed by atoms with Gasteiger partial charge in [-0.25, -0.2) is 4.79 Å². The average Bonchev–Trinajstić information content (AvgIpc) is 3.35. The van der Waals surface area contributed by atoms with E-state index in [0.29, 0.717) is 10.9 Å². The number of carbonyl (C=O) groups excluding carboxylic acids is 2. The van der Waals surface area contributed by atoms with Crippen LogP contribution in [-0.4, -0.2) is 32.3 Å². The maximum absolute atomic E-state index is 12.1. The van der Waals surface area contributed by atoms with E-state index in [2.05, 4.69) is 20.8 Å². The molecule has 3 heterocycles. The maximum atomic E-state index is 12.1. The van der Waals surface area contributed by atoms with Crippen molar-refractivity contribution in [1.29, 1.82) is 0 Å².